The first-order chi connectivity index (χ1) is 8.22. The SMILES string of the molecule is CCCN(C(=O)c1cncc(F)c1)C1CNC1. The van der Waals surface area contributed by atoms with Crippen molar-refractivity contribution in [2.75, 3.05) is 19.6 Å². The van der Waals surface area contributed by atoms with Crippen LogP contribution in [0.15, 0.2) is 18.5 Å². The Labute approximate surface area is 99.8 Å². The molecule has 1 fully saturated rings. The van der Waals surface area contributed by atoms with Crippen molar-refractivity contribution in [3.63, 3.8) is 0 Å². The van der Waals surface area contributed by atoms with E-state index < -0.39 is 5.82 Å². The number of carbonyl (C=O) groups excluding carboxylic acids is 1. The van der Waals surface area contributed by atoms with Crippen LogP contribution >= 0.6 is 0 Å². The fourth-order valence-electron chi connectivity index (χ4n) is 1.88. The molecule has 0 unspecified atom stereocenters. The Hall–Kier alpha value is -1.49. The third-order valence-electron chi connectivity index (χ3n) is 2.88. The van der Waals surface area contributed by atoms with Gasteiger partial charge in [-0.05, 0) is 12.5 Å². The smallest absolute Gasteiger partial charge is 0.255 e. The van der Waals surface area contributed by atoms with E-state index in [1.807, 2.05) is 6.92 Å². The zero-order valence-electron chi connectivity index (χ0n) is 9.82. The molecule has 1 aliphatic rings. The Kier molecular flexibility index (Phi) is 3.68. The van der Waals surface area contributed by atoms with Crippen LogP contribution in [-0.2, 0) is 0 Å². The maximum atomic E-state index is 13.0. The van der Waals surface area contributed by atoms with E-state index in [1.165, 1.54) is 12.3 Å². The summed E-state index contributed by atoms with van der Waals surface area (Å²) in [6.07, 6.45) is 3.41. The number of aromatic nitrogens is 1. The molecule has 4 nitrogen and oxygen atoms in total. The first-order valence-corrected chi connectivity index (χ1v) is 5.84. The van der Waals surface area contributed by atoms with E-state index in [0.717, 1.165) is 25.7 Å². The van der Waals surface area contributed by atoms with Crippen molar-refractivity contribution in [1.29, 1.82) is 0 Å². The maximum absolute atomic E-state index is 13.0. The normalized spacial score (nSPS) is 15.4. The van der Waals surface area contributed by atoms with Gasteiger partial charge in [0.15, 0.2) is 0 Å². The number of pyridine rings is 1. The Balaban J connectivity index is 2.15. The molecule has 0 radical (unpaired) electrons. The van der Waals surface area contributed by atoms with Crippen molar-refractivity contribution in [2.45, 2.75) is 19.4 Å². The van der Waals surface area contributed by atoms with Crippen molar-refractivity contribution < 1.29 is 9.18 Å². The largest absolute Gasteiger partial charge is 0.333 e. The summed E-state index contributed by atoms with van der Waals surface area (Å²) in [5.41, 5.74) is 0.324. The summed E-state index contributed by atoms with van der Waals surface area (Å²) in [6.45, 7) is 4.35. The molecule has 1 amide bonds. The highest BCUT2D eigenvalue weighted by molar-refractivity contribution is 5.94. The van der Waals surface area contributed by atoms with E-state index in [1.54, 1.807) is 4.90 Å². The number of halogens is 1. The summed E-state index contributed by atoms with van der Waals surface area (Å²) in [4.78, 5) is 17.7. The number of hydrogen-bond acceptors (Lipinski definition) is 3. The monoisotopic (exact) mass is 237 g/mol. The minimum absolute atomic E-state index is 0.134. The quantitative estimate of drug-likeness (QED) is 0.851. The van der Waals surface area contributed by atoms with Crippen LogP contribution in [0.5, 0.6) is 0 Å². The van der Waals surface area contributed by atoms with Crippen molar-refractivity contribution in [3.8, 4) is 0 Å². The predicted octanol–water partition coefficient (Wildman–Crippen LogP) is 1.04. The van der Waals surface area contributed by atoms with E-state index in [9.17, 15) is 9.18 Å². The summed E-state index contributed by atoms with van der Waals surface area (Å²) in [5, 5.41) is 3.13. The predicted molar refractivity (Wildman–Crippen MR) is 62.2 cm³/mol. The Morgan fingerprint density at radius 2 is 2.35 bits per heavy atom. The Bertz CT molecular complexity index is 406. The molecule has 1 N–H and O–H groups in total. The molecule has 0 saturated carbocycles. The molecule has 1 aromatic rings. The highest BCUT2D eigenvalue weighted by Crippen LogP contribution is 2.12. The number of amides is 1. The van der Waals surface area contributed by atoms with Crippen LogP contribution in [-0.4, -0.2) is 41.5 Å². The van der Waals surface area contributed by atoms with Gasteiger partial charge >= 0.3 is 0 Å². The zero-order chi connectivity index (χ0) is 12.3. The third-order valence-corrected chi connectivity index (χ3v) is 2.88. The second-order valence-corrected chi connectivity index (χ2v) is 4.20. The molecule has 0 atom stereocenters. The summed E-state index contributed by atoms with van der Waals surface area (Å²) >= 11 is 0. The lowest BCUT2D eigenvalue weighted by molar-refractivity contribution is 0.0615. The van der Waals surface area contributed by atoms with Crippen LogP contribution in [0.25, 0.3) is 0 Å². The molecule has 2 rings (SSSR count). The fraction of sp³-hybridized carbons (Fsp3) is 0.500. The number of hydrogen-bond donors (Lipinski definition) is 1. The van der Waals surface area contributed by atoms with Crippen molar-refractivity contribution in [3.05, 3.63) is 29.8 Å². The van der Waals surface area contributed by atoms with Gasteiger partial charge in [-0.2, -0.15) is 0 Å². The first-order valence-electron chi connectivity index (χ1n) is 5.84. The van der Waals surface area contributed by atoms with E-state index in [0.29, 0.717) is 12.1 Å². The average molecular weight is 237 g/mol. The molecule has 0 aliphatic carbocycles. The number of carbonyl (C=O) groups is 1. The maximum Gasteiger partial charge on any atom is 0.255 e. The highest BCUT2D eigenvalue weighted by atomic mass is 19.1. The topological polar surface area (TPSA) is 45.2 Å². The molecule has 92 valence electrons. The van der Waals surface area contributed by atoms with Gasteiger partial charge in [0.05, 0.1) is 17.8 Å². The van der Waals surface area contributed by atoms with Crippen molar-refractivity contribution >= 4 is 5.91 Å². The number of nitrogens with one attached hydrogen (secondary N) is 1. The van der Waals surface area contributed by atoms with Gasteiger partial charge in [0.2, 0.25) is 0 Å². The minimum atomic E-state index is -0.473. The van der Waals surface area contributed by atoms with Gasteiger partial charge in [0.1, 0.15) is 5.82 Å². The molecule has 17 heavy (non-hydrogen) atoms. The molecule has 0 bridgehead atoms. The van der Waals surface area contributed by atoms with Crippen LogP contribution in [0.3, 0.4) is 0 Å². The summed E-state index contributed by atoms with van der Waals surface area (Å²) in [5.74, 6) is -0.607. The molecule has 1 aliphatic heterocycles. The molecule has 1 saturated heterocycles. The average Bonchev–Trinajstić information content (AvgIpc) is 2.25. The molecule has 2 heterocycles. The highest BCUT2D eigenvalue weighted by Gasteiger charge is 2.28. The lowest BCUT2D eigenvalue weighted by Gasteiger charge is -2.38. The number of nitrogens with zero attached hydrogens (tertiary/aromatic N) is 2. The van der Waals surface area contributed by atoms with Gasteiger partial charge in [-0.3, -0.25) is 9.78 Å². The molecule has 1 aromatic heterocycles. The van der Waals surface area contributed by atoms with Gasteiger partial charge < -0.3 is 10.2 Å². The second kappa shape index (κ2) is 5.23. The van der Waals surface area contributed by atoms with E-state index in [-0.39, 0.29) is 11.9 Å². The first kappa shape index (κ1) is 12.0. The summed E-state index contributed by atoms with van der Waals surface area (Å²) in [7, 11) is 0. The summed E-state index contributed by atoms with van der Waals surface area (Å²) < 4.78 is 13.0. The van der Waals surface area contributed by atoms with Crippen LogP contribution < -0.4 is 5.32 Å². The van der Waals surface area contributed by atoms with Gasteiger partial charge in [-0.25, -0.2) is 4.39 Å². The second-order valence-electron chi connectivity index (χ2n) is 4.20. The van der Waals surface area contributed by atoms with Crippen LogP contribution in [0.2, 0.25) is 0 Å². The standard InChI is InChI=1S/C12H16FN3O/c1-2-3-16(11-7-15-8-11)12(17)9-4-10(13)6-14-5-9/h4-6,11,15H,2-3,7-8H2,1H3. The molecular formula is C12H16FN3O. The van der Waals surface area contributed by atoms with Crippen LogP contribution in [0, 0.1) is 5.82 Å². The minimum Gasteiger partial charge on any atom is -0.333 e. The van der Waals surface area contributed by atoms with Gasteiger partial charge in [0.25, 0.3) is 5.91 Å². The summed E-state index contributed by atoms with van der Waals surface area (Å²) in [6, 6.07) is 1.47. The van der Waals surface area contributed by atoms with Crippen LogP contribution in [0.4, 0.5) is 4.39 Å². The third kappa shape index (κ3) is 2.61. The Morgan fingerprint density at radius 1 is 1.59 bits per heavy atom. The number of rotatable bonds is 4. The molecule has 0 spiro atoms. The zero-order valence-corrected chi connectivity index (χ0v) is 9.82. The van der Waals surface area contributed by atoms with Gasteiger partial charge in [-0.1, -0.05) is 6.92 Å². The fourth-order valence-corrected chi connectivity index (χ4v) is 1.88. The molecule has 0 aromatic carbocycles. The van der Waals surface area contributed by atoms with Gasteiger partial charge in [0, 0.05) is 25.8 Å². The van der Waals surface area contributed by atoms with E-state index in [4.69, 9.17) is 0 Å². The van der Waals surface area contributed by atoms with E-state index in [2.05, 4.69) is 10.3 Å². The van der Waals surface area contributed by atoms with Crippen molar-refractivity contribution in [2.24, 2.45) is 0 Å². The Morgan fingerprint density at radius 3 is 2.88 bits per heavy atom. The van der Waals surface area contributed by atoms with E-state index >= 15 is 0 Å². The molecule has 5 heteroatoms. The van der Waals surface area contributed by atoms with Gasteiger partial charge in [-0.15, -0.1) is 0 Å². The van der Waals surface area contributed by atoms with Crippen LogP contribution in [0.1, 0.15) is 23.7 Å². The molecular weight excluding hydrogens is 221 g/mol. The lowest BCUT2D eigenvalue weighted by atomic mass is 10.1. The lowest BCUT2D eigenvalue weighted by Crippen LogP contribution is -2.59. The van der Waals surface area contributed by atoms with Crippen molar-refractivity contribution in [1.82, 2.24) is 15.2 Å².